The first kappa shape index (κ1) is 14.6. The summed E-state index contributed by atoms with van der Waals surface area (Å²) in [6.45, 7) is 4.43. The Morgan fingerprint density at radius 3 is 1.85 bits per heavy atom. The van der Waals surface area contributed by atoms with Crippen molar-refractivity contribution in [1.29, 1.82) is 0 Å². The van der Waals surface area contributed by atoms with Crippen LogP contribution in [0.4, 0.5) is 0 Å². The lowest BCUT2D eigenvalue weighted by Crippen LogP contribution is -2.37. The first-order valence-corrected chi connectivity index (χ1v) is 7.21. The van der Waals surface area contributed by atoms with Gasteiger partial charge in [0.15, 0.2) is 0 Å². The first-order chi connectivity index (χ1) is 9.63. The smallest absolute Gasteiger partial charge is 0.115 e. The average molecular weight is 269 g/mol. The van der Waals surface area contributed by atoms with Gasteiger partial charge in [0.05, 0.1) is 0 Å². The van der Waals surface area contributed by atoms with Gasteiger partial charge in [0.2, 0.25) is 0 Å². The van der Waals surface area contributed by atoms with Crippen molar-refractivity contribution in [3.05, 3.63) is 65.7 Å². The number of aromatic hydroxyl groups is 1. The molecule has 0 saturated heterocycles. The molecule has 2 unspecified atom stereocenters. The number of hydrogen-bond acceptors (Lipinski definition) is 2. The van der Waals surface area contributed by atoms with Crippen molar-refractivity contribution < 1.29 is 5.11 Å². The normalized spacial score (nSPS) is 13.9. The van der Waals surface area contributed by atoms with Crippen LogP contribution in [0.15, 0.2) is 54.6 Å². The lowest BCUT2D eigenvalue weighted by Gasteiger charge is -2.20. The van der Waals surface area contributed by atoms with Gasteiger partial charge < -0.3 is 10.4 Å². The van der Waals surface area contributed by atoms with Crippen LogP contribution in [-0.4, -0.2) is 17.2 Å². The topological polar surface area (TPSA) is 32.3 Å². The molecule has 0 spiro atoms. The third-order valence-electron chi connectivity index (χ3n) is 3.43. The van der Waals surface area contributed by atoms with E-state index < -0.39 is 0 Å². The van der Waals surface area contributed by atoms with Gasteiger partial charge in [-0.25, -0.2) is 0 Å². The third kappa shape index (κ3) is 4.71. The van der Waals surface area contributed by atoms with Crippen molar-refractivity contribution in [2.75, 3.05) is 0 Å². The van der Waals surface area contributed by atoms with Crippen molar-refractivity contribution in [2.45, 2.75) is 38.8 Å². The van der Waals surface area contributed by atoms with Gasteiger partial charge in [-0.2, -0.15) is 0 Å². The Morgan fingerprint density at radius 1 is 0.800 bits per heavy atom. The fourth-order valence-corrected chi connectivity index (χ4v) is 2.56. The lowest BCUT2D eigenvalue weighted by atomic mass is 10.0. The number of benzene rings is 2. The predicted molar refractivity (Wildman–Crippen MR) is 84.0 cm³/mol. The molecule has 0 heterocycles. The van der Waals surface area contributed by atoms with Gasteiger partial charge in [0.1, 0.15) is 5.75 Å². The van der Waals surface area contributed by atoms with Crippen LogP contribution in [0.25, 0.3) is 0 Å². The van der Waals surface area contributed by atoms with Crippen LogP contribution in [0, 0.1) is 0 Å². The van der Waals surface area contributed by atoms with E-state index in [1.807, 2.05) is 12.1 Å². The van der Waals surface area contributed by atoms with Gasteiger partial charge in [0.25, 0.3) is 0 Å². The highest BCUT2D eigenvalue weighted by atomic mass is 16.3. The van der Waals surface area contributed by atoms with Crippen LogP contribution in [0.1, 0.15) is 25.0 Å². The number of rotatable bonds is 6. The zero-order valence-electron chi connectivity index (χ0n) is 12.2. The molecule has 0 aliphatic carbocycles. The van der Waals surface area contributed by atoms with Crippen molar-refractivity contribution in [1.82, 2.24) is 5.32 Å². The van der Waals surface area contributed by atoms with Crippen LogP contribution < -0.4 is 5.32 Å². The van der Waals surface area contributed by atoms with Crippen LogP contribution in [0.3, 0.4) is 0 Å². The highest BCUT2D eigenvalue weighted by Crippen LogP contribution is 2.12. The SMILES string of the molecule is CC(Cc1ccccc1)NC(C)Cc1ccc(O)cc1. The predicted octanol–water partition coefficient (Wildman–Crippen LogP) is 3.54. The molecular formula is C18H23NO. The Hall–Kier alpha value is -1.80. The second-order valence-corrected chi connectivity index (χ2v) is 5.53. The first-order valence-electron chi connectivity index (χ1n) is 7.21. The van der Waals surface area contributed by atoms with Crippen LogP contribution in [0.2, 0.25) is 0 Å². The number of phenols is 1. The molecule has 2 aromatic rings. The molecule has 2 aromatic carbocycles. The molecule has 2 atom stereocenters. The van der Waals surface area contributed by atoms with Crippen molar-refractivity contribution in [2.24, 2.45) is 0 Å². The van der Waals surface area contributed by atoms with Crippen molar-refractivity contribution in [3.8, 4) is 5.75 Å². The standard InChI is InChI=1S/C18H23NO/c1-14(12-16-6-4-3-5-7-16)19-15(2)13-17-8-10-18(20)11-9-17/h3-11,14-15,19-20H,12-13H2,1-2H3. The molecule has 0 radical (unpaired) electrons. The van der Waals surface area contributed by atoms with Gasteiger partial charge in [-0.3, -0.25) is 0 Å². The molecule has 0 saturated carbocycles. The molecule has 0 fully saturated rings. The van der Waals surface area contributed by atoms with E-state index in [1.54, 1.807) is 12.1 Å². The van der Waals surface area contributed by atoms with Crippen molar-refractivity contribution >= 4 is 0 Å². The summed E-state index contributed by atoms with van der Waals surface area (Å²) >= 11 is 0. The molecule has 0 aliphatic rings. The Balaban J connectivity index is 1.81. The van der Waals surface area contributed by atoms with E-state index in [0.717, 1.165) is 12.8 Å². The number of phenolic OH excluding ortho intramolecular Hbond substituents is 1. The molecule has 2 heteroatoms. The Kier molecular flexibility index (Phi) is 5.19. The summed E-state index contributed by atoms with van der Waals surface area (Å²) in [6, 6.07) is 18.9. The van der Waals surface area contributed by atoms with Crippen LogP contribution >= 0.6 is 0 Å². The summed E-state index contributed by atoms with van der Waals surface area (Å²) in [5, 5.41) is 12.9. The van der Waals surface area contributed by atoms with E-state index in [0.29, 0.717) is 17.8 Å². The number of hydrogen-bond donors (Lipinski definition) is 2. The maximum atomic E-state index is 9.28. The average Bonchev–Trinajstić information content (AvgIpc) is 2.42. The van der Waals surface area contributed by atoms with Gasteiger partial charge in [-0.15, -0.1) is 0 Å². The molecule has 0 amide bonds. The summed E-state index contributed by atoms with van der Waals surface area (Å²) in [5.41, 5.74) is 2.61. The molecular weight excluding hydrogens is 246 g/mol. The Labute approximate surface area is 121 Å². The van der Waals surface area contributed by atoms with E-state index in [4.69, 9.17) is 0 Å². The van der Waals surface area contributed by atoms with Gasteiger partial charge >= 0.3 is 0 Å². The summed E-state index contributed by atoms with van der Waals surface area (Å²) < 4.78 is 0. The zero-order valence-corrected chi connectivity index (χ0v) is 12.2. The fourth-order valence-electron chi connectivity index (χ4n) is 2.56. The van der Waals surface area contributed by atoms with E-state index >= 15 is 0 Å². The molecule has 0 aromatic heterocycles. The lowest BCUT2D eigenvalue weighted by molar-refractivity contribution is 0.460. The van der Waals surface area contributed by atoms with Gasteiger partial charge in [0, 0.05) is 12.1 Å². The van der Waals surface area contributed by atoms with Crippen molar-refractivity contribution in [3.63, 3.8) is 0 Å². The van der Waals surface area contributed by atoms with E-state index in [2.05, 4.69) is 49.5 Å². The maximum Gasteiger partial charge on any atom is 0.115 e. The highest BCUT2D eigenvalue weighted by molar-refractivity contribution is 5.26. The molecule has 2 N–H and O–H groups in total. The second-order valence-electron chi connectivity index (χ2n) is 5.53. The minimum Gasteiger partial charge on any atom is -0.508 e. The minimum atomic E-state index is 0.326. The largest absolute Gasteiger partial charge is 0.508 e. The molecule has 106 valence electrons. The fraction of sp³-hybridized carbons (Fsp3) is 0.333. The highest BCUT2D eigenvalue weighted by Gasteiger charge is 2.08. The summed E-state index contributed by atoms with van der Waals surface area (Å²) in [4.78, 5) is 0. The number of nitrogens with one attached hydrogen (secondary N) is 1. The maximum absolute atomic E-state index is 9.28. The van der Waals surface area contributed by atoms with Crippen LogP contribution in [0.5, 0.6) is 5.75 Å². The van der Waals surface area contributed by atoms with E-state index in [-0.39, 0.29) is 0 Å². The van der Waals surface area contributed by atoms with E-state index in [1.165, 1.54) is 11.1 Å². The van der Waals surface area contributed by atoms with Gasteiger partial charge in [-0.05, 0) is 49.9 Å². The quantitative estimate of drug-likeness (QED) is 0.840. The second kappa shape index (κ2) is 7.11. The minimum absolute atomic E-state index is 0.326. The third-order valence-corrected chi connectivity index (χ3v) is 3.43. The summed E-state index contributed by atoms with van der Waals surface area (Å²) in [5.74, 6) is 0.326. The molecule has 2 nitrogen and oxygen atoms in total. The van der Waals surface area contributed by atoms with Crippen LogP contribution in [-0.2, 0) is 12.8 Å². The molecule has 2 rings (SSSR count). The monoisotopic (exact) mass is 269 g/mol. The molecule has 0 bridgehead atoms. The Morgan fingerprint density at radius 2 is 1.30 bits per heavy atom. The zero-order chi connectivity index (χ0) is 14.4. The molecule has 20 heavy (non-hydrogen) atoms. The van der Waals surface area contributed by atoms with Gasteiger partial charge in [-0.1, -0.05) is 42.5 Å². The molecule has 0 aliphatic heterocycles. The Bertz CT molecular complexity index is 507. The van der Waals surface area contributed by atoms with E-state index in [9.17, 15) is 5.11 Å². The summed E-state index contributed by atoms with van der Waals surface area (Å²) in [7, 11) is 0. The summed E-state index contributed by atoms with van der Waals surface area (Å²) in [6.07, 6.45) is 2.01.